The van der Waals surface area contributed by atoms with Crippen molar-refractivity contribution in [3.05, 3.63) is 36.2 Å². The van der Waals surface area contributed by atoms with Gasteiger partial charge in [-0.1, -0.05) is 17.8 Å². The number of hydrogen-bond donors (Lipinski definition) is 0. The lowest BCUT2D eigenvalue weighted by Gasteiger charge is -2.32. The largest absolute Gasteiger partial charge is 0.477 e. The van der Waals surface area contributed by atoms with Crippen molar-refractivity contribution in [2.45, 2.75) is 24.9 Å². The van der Waals surface area contributed by atoms with E-state index in [9.17, 15) is 0 Å². The van der Waals surface area contributed by atoms with E-state index in [1.54, 1.807) is 11.8 Å². The zero-order valence-electron chi connectivity index (χ0n) is 13.6. The first kappa shape index (κ1) is 16.1. The topological polar surface area (TPSA) is 51.1 Å². The van der Waals surface area contributed by atoms with Crippen LogP contribution in [-0.4, -0.2) is 40.9 Å². The molecule has 0 radical (unpaired) electrons. The molecule has 122 valence electrons. The van der Waals surface area contributed by atoms with Gasteiger partial charge in [0.25, 0.3) is 0 Å². The molecule has 23 heavy (non-hydrogen) atoms. The standard InChI is InChI=1S/C17H22N4OS/c1-13-4-3-5-16(19-13)22-12-14-7-10-21(11-8-14)15-6-9-18-17(20-15)23-2/h3-6,9,14H,7-8,10-12H2,1-2H3. The smallest absolute Gasteiger partial charge is 0.213 e. The quantitative estimate of drug-likeness (QED) is 0.620. The van der Waals surface area contributed by atoms with E-state index in [2.05, 4.69) is 19.9 Å². The van der Waals surface area contributed by atoms with E-state index < -0.39 is 0 Å². The molecule has 2 aromatic rings. The molecule has 1 aliphatic rings. The van der Waals surface area contributed by atoms with Gasteiger partial charge in [-0.15, -0.1) is 0 Å². The maximum atomic E-state index is 5.85. The molecule has 5 nitrogen and oxygen atoms in total. The summed E-state index contributed by atoms with van der Waals surface area (Å²) in [6, 6.07) is 7.88. The predicted octanol–water partition coefficient (Wildman–Crippen LogP) is 3.20. The van der Waals surface area contributed by atoms with Gasteiger partial charge in [-0.3, -0.25) is 0 Å². The van der Waals surface area contributed by atoms with Gasteiger partial charge in [0, 0.05) is 31.0 Å². The normalized spacial score (nSPS) is 15.7. The maximum Gasteiger partial charge on any atom is 0.213 e. The van der Waals surface area contributed by atoms with E-state index in [0.717, 1.165) is 55.1 Å². The number of aromatic nitrogens is 3. The third-order valence-electron chi connectivity index (χ3n) is 4.07. The second-order valence-corrected chi connectivity index (χ2v) is 6.53. The minimum atomic E-state index is 0.579. The minimum Gasteiger partial charge on any atom is -0.477 e. The minimum absolute atomic E-state index is 0.579. The molecule has 0 atom stereocenters. The summed E-state index contributed by atoms with van der Waals surface area (Å²) in [5.41, 5.74) is 0.991. The third-order valence-corrected chi connectivity index (χ3v) is 4.63. The first-order valence-electron chi connectivity index (χ1n) is 7.93. The third kappa shape index (κ3) is 4.34. The van der Waals surface area contributed by atoms with Crippen LogP contribution in [0.3, 0.4) is 0 Å². The van der Waals surface area contributed by atoms with Gasteiger partial charge in [0.2, 0.25) is 5.88 Å². The molecule has 1 saturated heterocycles. The van der Waals surface area contributed by atoms with Crippen LogP contribution in [0.5, 0.6) is 5.88 Å². The Kier molecular flexibility index (Phi) is 5.33. The summed E-state index contributed by atoms with van der Waals surface area (Å²) < 4.78 is 5.85. The van der Waals surface area contributed by atoms with E-state index in [4.69, 9.17) is 4.74 Å². The van der Waals surface area contributed by atoms with Gasteiger partial charge in [-0.2, -0.15) is 0 Å². The Balaban J connectivity index is 1.50. The molecule has 3 heterocycles. The highest BCUT2D eigenvalue weighted by Gasteiger charge is 2.21. The predicted molar refractivity (Wildman–Crippen MR) is 93.2 cm³/mol. The van der Waals surface area contributed by atoms with Crippen LogP contribution in [0.1, 0.15) is 18.5 Å². The molecular formula is C17H22N4OS. The molecule has 0 saturated carbocycles. The Morgan fingerprint density at radius 3 is 2.78 bits per heavy atom. The fourth-order valence-electron chi connectivity index (χ4n) is 2.74. The fourth-order valence-corrected chi connectivity index (χ4v) is 3.09. The van der Waals surface area contributed by atoms with E-state index >= 15 is 0 Å². The molecule has 3 rings (SSSR count). The number of pyridine rings is 1. The summed E-state index contributed by atoms with van der Waals surface area (Å²) in [6.07, 6.45) is 6.07. The molecule has 0 aliphatic carbocycles. The van der Waals surface area contributed by atoms with E-state index in [1.165, 1.54) is 0 Å². The highest BCUT2D eigenvalue weighted by molar-refractivity contribution is 7.98. The van der Waals surface area contributed by atoms with Crippen LogP contribution >= 0.6 is 11.8 Å². The molecule has 0 bridgehead atoms. The van der Waals surface area contributed by atoms with Crippen molar-refractivity contribution in [3.8, 4) is 5.88 Å². The second kappa shape index (κ2) is 7.64. The zero-order chi connectivity index (χ0) is 16.1. The van der Waals surface area contributed by atoms with Gasteiger partial charge in [-0.05, 0) is 44.1 Å². The van der Waals surface area contributed by atoms with Crippen LogP contribution in [0.2, 0.25) is 0 Å². The Morgan fingerprint density at radius 2 is 2.04 bits per heavy atom. The Morgan fingerprint density at radius 1 is 1.22 bits per heavy atom. The van der Waals surface area contributed by atoms with Crippen molar-refractivity contribution < 1.29 is 4.74 Å². The number of piperidine rings is 1. The highest BCUT2D eigenvalue weighted by atomic mass is 32.2. The highest BCUT2D eigenvalue weighted by Crippen LogP contribution is 2.23. The molecule has 0 spiro atoms. The Bertz CT molecular complexity index is 644. The van der Waals surface area contributed by atoms with Crippen molar-refractivity contribution in [3.63, 3.8) is 0 Å². The number of thioether (sulfide) groups is 1. The molecule has 0 N–H and O–H groups in total. The average molecular weight is 330 g/mol. The van der Waals surface area contributed by atoms with Crippen molar-refractivity contribution in [2.75, 3.05) is 30.9 Å². The first-order valence-corrected chi connectivity index (χ1v) is 9.15. The number of aryl methyl sites for hydroxylation is 1. The summed E-state index contributed by atoms with van der Waals surface area (Å²) in [7, 11) is 0. The summed E-state index contributed by atoms with van der Waals surface area (Å²) >= 11 is 1.58. The van der Waals surface area contributed by atoms with Gasteiger partial charge >= 0.3 is 0 Å². The van der Waals surface area contributed by atoms with Crippen LogP contribution in [-0.2, 0) is 0 Å². The molecule has 2 aromatic heterocycles. The first-order chi connectivity index (χ1) is 11.2. The summed E-state index contributed by atoms with van der Waals surface area (Å²) in [5.74, 6) is 2.34. The van der Waals surface area contributed by atoms with Crippen molar-refractivity contribution in [1.82, 2.24) is 15.0 Å². The monoisotopic (exact) mass is 330 g/mol. The average Bonchev–Trinajstić information content (AvgIpc) is 2.60. The summed E-state index contributed by atoms with van der Waals surface area (Å²) in [6.45, 7) is 4.75. The lowest BCUT2D eigenvalue weighted by Crippen LogP contribution is -2.36. The number of hydrogen-bond acceptors (Lipinski definition) is 6. The van der Waals surface area contributed by atoms with E-state index in [0.29, 0.717) is 5.92 Å². The van der Waals surface area contributed by atoms with Gasteiger partial charge in [0.1, 0.15) is 5.82 Å². The number of anilines is 1. The van der Waals surface area contributed by atoms with Crippen LogP contribution in [0, 0.1) is 12.8 Å². The van der Waals surface area contributed by atoms with Crippen LogP contribution < -0.4 is 9.64 Å². The molecule has 6 heteroatoms. The van der Waals surface area contributed by atoms with Crippen molar-refractivity contribution >= 4 is 17.6 Å². The van der Waals surface area contributed by atoms with Gasteiger partial charge < -0.3 is 9.64 Å². The number of rotatable bonds is 5. The summed E-state index contributed by atoms with van der Waals surface area (Å²) in [5, 5.41) is 0.832. The SMILES string of the molecule is CSc1nccc(N2CCC(COc3cccc(C)n3)CC2)n1. The Hall–Kier alpha value is -1.82. The lowest BCUT2D eigenvalue weighted by atomic mass is 9.98. The van der Waals surface area contributed by atoms with E-state index in [1.807, 2.05) is 43.6 Å². The molecule has 0 aromatic carbocycles. The number of ether oxygens (including phenoxy) is 1. The van der Waals surface area contributed by atoms with Crippen molar-refractivity contribution in [2.24, 2.45) is 5.92 Å². The van der Waals surface area contributed by atoms with Gasteiger partial charge in [-0.25, -0.2) is 15.0 Å². The van der Waals surface area contributed by atoms with Crippen LogP contribution in [0.15, 0.2) is 35.6 Å². The number of nitrogens with zero attached hydrogens (tertiary/aromatic N) is 4. The lowest BCUT2D eigenvalue weighted by molar-refractivity contribution is 0.215. The second-order valence-electron chi connectivity index (χ2n) is 5.76. The van der Waals surface area contributed by atoms with Crippen LogP contribution in [0.25, 0.3) is 0 Å². The van der Waals surface area contributed by atoms with Gasteiger partial charge in [0.05, 0.1) is 6.61 Å². The summed E-state index contributed by atoms with van der Waals surface area (Å²) in [4.78, 5) is 15.5. The molecule has 0 amide bonds. The van der Waals surface area contributed by atoms with Crippen LogP contribution in [0.4, 0.5) is 5.82 Å². The Labute approximate surface area is 141 Å². The molecular weight excluding hydrogens is 308 g/mol. The molecule has 1 aliphatic heterocycles. The molecule has 0 unspecified atom stereocenters. The fraction of sp³-hybridized carbons (Fsp3) is 0.471. The zero-order valence-corrected chi connectivity index (χ0v) is 14.4. The van der Waals surface area contributed by atoms with Gasteiger partial charge in [0.15, 0.2) is 5.16 Å². The van der Waals surface area contributed by atoms with Crippen molar-refractivity contribution in [1.29, 1.82) is 0 Å². The van der Waals surface area contributed by atoms with E-state index in [-0.39, 0.29) is 0 Å². The molecule has 1 fully saturated rings. The maximum absolute atomic E-state index is 5.85.